The Morgan fingerprint density at radius 3 is 1.33 bits per heavy atom. The van der Waals surface area contributed by atoms with E-state index in [2.05, 4.69) is 0 Å². The molecule has 0 aliphatic carbocycles. The van der Waals surface area contributed by atoms with E-state index >= 15 is 0 Å². The second-order valence-corrected chi connectivity index (χ2v) is 2.82. The molecule has 1 saturated heterocycles. The molecule has 1 rings (SSSR count). The van der Waals surface area contributed by atoms with Gasteiger partial charge in [-0.25, -0.2) is 0 Å². The lowest BCUT2D eigenvalue weighted by molar-refractivity contribution is -0.126. The Morgan fingerprint density at radius 2 is 1.33 bits per heavy atom. The lowest BCUT2D eigenvalue weighted by atomic mass is 10.9. The lowest BCUT2D eigenvalue weighted by Crippen LogP contribution is -2.10. The Morgan fingerprint density at radius 1 is 1.00 bits per heavy atom. The van der Waals surface area contributed by atoms with Gasteiger partial charge < -0.3 is 0 Å². The summed E-state index contributed by atoms with van der Waals surface area (Å²) >= 11 is 0. The third-order valence-electron chi connectivity index (χ3n) is 0.360. The molecule has 1 aliphatic rings. The summed E-state index contributed by atoms with van der Waals surface area (Å²) in [4.78, 5) is 19.6. The second kappa shape index (κ2) is 1.27. The van der Waals surface area contributed by atoms with Crippen LogP contribution >= 0.6 is 21.6 Å². The highest BCUT2D eigenvalue weighted by Crippen LogP contribution is 2.35. The van der Waals surface area contributed by atoms with Gasteiger partial charge in [0.15, 0.2) is 0 Å². The molecule has 2 nitrogen and oxygen atoms in total. The summed E-state index contributed by atoms with van der Waals surface area (Å²) in [6.45, 7) is 0. The van der Waals surface area contributed by atoms with E-state index in [4.69, 9.17) is 0 Å². The maximum atomic E-state index is 9.82. The van der Waals surface area contributed by atoms with Crippen molar-refractivity contribution in [2.45, 2.75) is 0 Å². The summed E-state index contributed by atoms with van der Waals surface area (Å²) in [7, 11) is 1.99. The second-order valence-electron chi connectivity index (χ2n) is 0.742. The molecule has 0 N–H and O–H groups in total. The molecule has 0 atom stereocenters. The molecule has 1 aliphatic heterocycles. The van der Waals surface area contributed by atoms with Crippen LogP contribution in [0.5, 0.6) is 0 Å². The van der Waals surface area contributed by atoms with Gasteiger partial charge in [-0.3, -0.25) is 9.59 Å². The zero-order chi connectivity index (χ0) is 4.57. The van der Waals surface area contributed by atoms with Gasteiger partial charge in [0.2, 0.25) is 0 Å². The van der Waals surface area contributed by atoms with Crippen molar-refractivity contribution in [2.24, 2.45) is 0 Å². The third-order valence-corrected chi connectivity index (χ3v) is 2.40. The van der Waals surface area contributed by atoms with Gasteiger partial charge in [-0.2, -0.15) is 0 Å². The number of hydrogen-bond donors (Lipinski definition) is 0. The summed E-state index contributed by atoms with van der Waals surface area (Å²) in [5, 5.41) is -0.639. The predicted molar refractivity (Wildman–Crippen MR) is 25.2 cm³/mol. The van der Waals surface area contributed by atoms with Crippen molar-refractivity contribution in [1.29, 1.82) is 0 Å². The first-order valence-electron chi connectivity index (χ1n) is 1.23. The first kappa shape index (κ1) is 4.21. The van der Waals surface area contributed by atoms with E-state index < -0.39 is 0 Å². The standard InChI is InChI=1S/C2O2S2/c3-1-2(4)6-5-1. The zero-order valence-corrected chi connectivity index (χ0v) is 4.27. The molecule has 0 aromatic heterocycles. The fourth-order valence-corrected chi connectivity index (χ4v) is 0.987. The molecular weight excluding hydrogens is 120 g/mol. The monoisotopic (exact) mass is 120 g/mol. The van der Waals surface area contributed by atoms with Gasteiger partial charge >= 0.3 is 0 Å². The molecule has 0 aromatic rings. The molecule has 1 fully saturated rings. The molecule has 0 unspecified atom stereocenters. The molecule has 0 saturated carbocycles. The van der Waals surface area contributed by atoms with Crippen LogP contribution in [-0.2, 0) is 9.59 Å². The first-order chi connectivity index (χ1) is 2.80. The fourth-order valence-electron chi connectivity index (χ4n) is 0.110. The fraction of sp³-hybridized carbons (Fsp3) is 0. The lowest BCUT2D eigenvalue weighted by Gasteiger charge is -2.01. The number of carbonyl (C=O) groups excluding carboxylic acids is 2. The van der Waals surface area contributed by atoms with Crippen molar-refractivity contribution < 1.29 is 9.59 Å². The molecule has 0 bridgehead atoms. The quantitative estimate of drug-likeness (QED) is 0.343. The van der Waals surface area contributed by atoms with Gasteiger partial charge in [-0.05, 0) is 21.6 Å². The van der Waals surface area contributed by atoms with E-state index in [-0.39, 0.29) is 10.2 Å². The van der Waals surface area contributed by atoms with E-state index in [1.165, 1.54) is 0 Å². The Bertz CT molecular complexity index is 94.1. The maximum Gasteiger partial charge on any atom is 0.277 e. The van der Waals surface area contributed by atoms with Gasteiger partial charge in [0.1, 0.15) is 0 Å². The summed E-state index contributed by atoms with van der Waals surface area (Å²) in [5.41, 5.74) is 0. The molecule has 4 heteroatoms. The Balaban J connectivity index is 2.61. The molecule has 32 valence electrons. The van der Waals surface area contributed by atoms with Gasteiger partial charge in [0, 0.05) is 0 Å². The number of hydrogen-bond acceptors (Lipinski definition) is 4. The van der Waals surface area contributed by atoms with Crippen molar-refractivity contribution >= 4 is 31.8 Å². The van der Waals surface area contributed by atoms with Crippen molar-refractivity contribution in [3.8, 4) is 0 Å². The van der Waals surface area contributed by atoms with Crippen LogP contribution in [0.15, 0.2) is 0 Å². The van der Waals surface area contributed by atoms with Crippen LogP contribution in [0.25, 0.3) is 0 Å². The predicted octanol–water partition coefficient (Wildman–Crippen LogP) is 0.435. The third kappa shape index (κ3) is 0.457. The van der Waals surface area contributed by atoms with Gasteiger partial charge in [0.05, 0.1) is 0 Å². The summed E-state index contributed by atoms with van der Waals surface area (Å²) in [5.74, 6) is 0. The van der Waals surface area contributed by atoms with Crippen LogP contribution in [0.2, 0.25) is 0 Å². The SMILES string of the molecule is O=C1SSC1=O. The van der Waals surface area contributed by atoms with E-state index in [0.717, 1.165) is 21.6 Å². The van der Waals surface area contributed by atoms with Gasteiger partial charge in [0.25, 0.3) is 10.2 Å². The topological polar surface area (TPSA) is 34.1 Å². The van der Waals surface area contributed by atoms with Crippen LogP contribution < -0.4 is 0 Å². The van der Waals surface area contributed by atoms with Crippen LogP contribution in [0.1, 0.15) is 0 Å². The van der Waals surface area contributed by atoms with E-state index in [1.807, 2.05) is 0 Å². The molecule has 0 aromatic carbocycles. The van der Waals surface area contributed by atoms with E-state index in [9.17, 15) is 9.59 Å². The summed E-state index contributed by atoms with van der Waals surface area (Å²) in [6.07, 6.45) is 0. The molecule has 0 spiro atoms. The highest BCUT2D eigenvalue weighted by atomic mass is 33.1. The minimum atomic E-state index is -0.319. The van der Waals surface area contributed by atoms with Crippen LogP contribution in [0.4, 0.5) is 0 Å². The molecule has 0 amide bonds. The molecule has 0 radical (unpaired) electrons. The van der Waals surface area contributed by atoms with Gasteiger partial charge in [-0.1, -0.05) is 0 Å². The van der Waals surface area contributed by atoms with Crippen molar-refractivity contribution in [3.05, 3.63) is 0 Å². The average molecular weight is 120 g/mol. The van der Waals surface area contributed by atoms with Crippen LogP contribution in [0.3, 0.4) is 0 Å². The van der Waals surface area contributed by atoms with E-state index in [0.29, 0.717) is 0 Å². The highest BCUT2D eigenvalue weighted by Gasteiger charge is 2.27. The molecule has 6 heavy (non-hydrogen) atoms. The highest BCUT2D eigenvalue weighted by molar-refractivity contribution is 8.94. The minimum absolute atomic E-state index is 0.319. The smallest absolute Gasteiger partial charge is 0.276 e. The Kier molecular flexibility index (Phi) is 0.892. The van der Waals surface area contributed by atoms with Crippen LogP contribution in [0, 0.1) is 0 Å². The van der Waals surface area contributed by atoms with Crippen molar-refractivity contribution in [1.82, 2.24) is 0 Å². The molecular formula is C2O2S2. The van der Waals surface area contributed by atoms with Crippen molar-refractivity contribution in [3.63, 3.8) is 0 Å². The average Bonchev–Trinajstić information content (AvgIpc) is 1.61. The normalized spacial score (nSPS) is 20.7. The Hall–Kier alpha value is 0.0400. The van der Waals surface area contributed by atoms with Gasteiger partial charge in [-0.15, -0.1) is 0 Å². The van der Waals surface area contributed by atoms with E-state index in [1.54, 1.807) is 0 Å². The van der Waals surface area contributed by atoms with Crippen molar-refractivity contribution in [2.75, 3.05) is 0 Å². The van der Waals surface area contributed by atoms with Crippen LogP contribution in [-0.4, -0.2) is 10.2 Å². The number of carbonyl (C=O) groups is 2. The maximum absolute atomic E-state index is 9.82. The number of rotatable bonds is 0. The summed E-state index contributed by atoms with van der Waals surface area (Å²) < 4.78 is 0. The Labute approximate surface area is 42.1 Å². The summed E-state index contributed by atoms with van der Waals surface area (Å²) in [6, 6.07) is 0. The minimum Gasteiger partial charge on any atom is -0.276 e. The first-order valence-corrected chi connectivity index (χ1v) is 3.38. The zero-order valence-electron chi connectivity index (χ0n) is 2.63. The largest absolute Gasteiger partial charge is 0.277 e. The molecule has 1 heterocycles.